The molecule has 7 heteroatoms. The van der Waals surface area contributed by atoms with Gasteiger partial charge in [-0.1, -0.05) is 24.3 Å². The summed E-state index contributed by atoms with van der Waals surface area (Å²) >= 11 is 0. The van der Waals surface area contributed by atoms with Crippen molar-refractivity contribution in [2.45, 2.75) is 25.4 Å². The van der Waals surface area contributed by atoms with Crippen LogP contribution in [0.3, 0.4) is 0 Å². The van der Waals surface area contributed by atoms with Crippen molar-refractivity contribution in [2.75, 3.05) is 25.1 Å². The molecule has 3 aromatic rings. The van der Waals surface area contributed by atoms with Crippen LogP contribution >= 0.6 is 0 Å². The molecule has 1 aliphatic rings. The molecule has 1 amide bonds. The van der Waals surface area contributed by atoms with Crippen LogP contribution < -0.4 is 9.64 Å². The number of likely N-dealkylation sites (tertiary alicyclic amines) is 1. The number of piperidine rings is 1. The first kappa shape index (κ1) is 22.7. The van der Waals surface area contributed by atoms with E-state index in [-0.39, 0.29) is 17.4 Å². The largest absolute Gasteiger partial charge is 0.504 e. The number of phenols is 1. The highest BCUT2D eigenvalue weighted by Crippen LogP contribution is 2.32. The standard InChI is InChI=1S/C26H26F2N2O3/c1-33-24-8-4-5-18(25(24)31)17-29-15-13-21(14-16-29)30(20-11-9-19(27)10-12-20)26(32)22-6-2-3-7-23(22)28/h2-12,21,31H,13-17H2,1H3. The normalized spacial score (nSPS) is 14.8. The van der Waals surface area contributed by atoms with Crippen molar-refractivity contribution in [3.05, 3.63) is 89.5 Å². The number of aromatic hydroxyl groups is 1. The molecule has 1 aliphatic heterocycles. The van der Waals surface area contributed by atoms with E-state index in [1.54, 1.807) is 35.2 Å². The molecule has 4 rings (SSSR count). The number of benzene rings is 3. The van der Waals surface area contributed by atoms with Crippen LogP contribution in [0.1, 0.15) is 28.8 Å². The van der Waals surface area contributed by atoms with Crippen molar-refractivity contribution in [1.82, 2.24) is 4.90 Å². The molecule has 5 nitrogen and oxygen atoms in total. The minimum absolute atomic E-state index is 0.00874. The molecule has 33 heavy (non-hydrogen) atoms. The average Bonchev–Trinajstić information content (AvgIpc) is 2.83. The number of halogens is 2. The number of hydrogen-bond donors (Lipinski definition) is 1. The number of nitrogens with zero attached hydrogens (tertiary/aromatic N) is 2. The lowest BCUT2D eigenvalue weighted by Crippen LogP contribution is -2.47. The van der Waals surface area contributed by atoms with Gasteiger partial charge in [0.05, 0.1) is 12.7 Å². The van der Waals surface area contributed by atoms with Crippen molar-refractivity contribution >= 4 is 11.6 Å². The van der Waals surface area contributed by atoms with Gasteiger partial charge in [0.2, 0.25) is 0 Å². The third-order valence-corrected chi connectivity index (χ3v) is 6.05. The van der Waals surface area contributed by atoms with E-state index in [1.807, 2.05) is 12.1 Å². The fourth-order valence-electron chi connectivity index (χ4n) is 4.30. The van der Waals surface area contributed by atoms with Crippen LogP contribution in [0.4, 0.5) is 14.5 Å². The van der Waals surface area contributed by atoms with Crippen LogP contribution in [-0.4, -0.2) is 42.2 Å². The summed E-state index contributed by atoms with van der Waals surface area (Å²) in [5.74, 6) is -0.862. The number of carbonyl (C=O) groups excluding carboxylic acids is 1. The van der Waals surface area contributed by atoms with Gasteiger partial charge in [0.1, 0.15) is 11.6 Å². The lowest BCUT2D eigenvalue weighted by atomic mass is 10.00. The molecule has 0 spiro atoms. The summed E-state index contributed by atoms with van der Waals surface area (Å²) in [6.45, 7) is 1.92. The first-order chi connectivity index (χ1) is 16.0. The predicted octanol–water partition coefficient (Wildman–Crippen LogP) is 4.99. The highest BCUT2D eigenvalue weighted by atomic mass is 19.1. The topological polar surface area (TPSA) is 53.0 Å². The summed E-state index contributed by atoms with van der Waals surface area (Å²) < 4.78 is 33.1. The van der Waals surface area contributed by atoms with E-state index in [4.69, 9.17) is 4.74 Å². The predicted molar refractivity (Wildman–Crippen MR) is 123 cm³/mol. The van der Waals surface area contributed by atoms with Gasteiger partial charge >= 0.3 is 0 Å². The molecule has 1 N–H and O–H groups in total. The number of methoxy groups -OCH3 is 1. The zero-order valence-corrected chi connectivity index (χ0v) is 18.4. The van der Waals surface area contributed by atoms with Gasteiger partial charge in [-0.25, -0.2) is 8.78 Å². The summed E-state index contributed by atoms with van der Waals surface area (Å²) in [5, 5.41) is 10.4. The number of rotatable bonds is 6. The highest BCUT2D eigenvalue weighted by molar-refractivity contribution is 6.06. The van der Waals surface area contributed by atoms with E-state index in [1.165, 1.54) is 31.4 Å². The molecule has 0 atom stereocenters. The maximum atomic E-state index is 14.4. The summed E-state index contributed by atoms with van der Waals surface area (Å²) in [6, 6.07) is 16.8. The molecule has 0 bridgehead atoms. The molecule has 172 valence electrons. The lowest BCUT2D eigenvalue weighted by molar-refractivity contribution is 0.0954. The maximum Gasteiger partial charge on any atom is 0.261 e. The molecular formula is C26H26F2N2O3. The Balaban J connectivity index is 1.53. The van der Waals surface area contributed by atoms with E-state index in [9.17, 15) is 18.7 Å². The Kier molecular flexibility index (Phi) is 6.89. The van der Waals surface area contributed by atoms with E-state index in [0.717, 1.165) is 5.56 Å². The number of ether oxygens (including phenoxy) is 1. The number of phenolic OH excluding ortho intramolecular Hbond substituents is 1. The quantitative estimate of drug-likeness (QED) is 0.573. The van der Waals surface area contributed by atoms with Crippen molar-refractivity contribution in [3.8, 4) is 11.5 Å². The minimum Gasteiger partial charge on any atom is -0.504 e. The van der Waals surface area contributed by atoms with Gasteiger partial charge in [-0.05, 0) is 55.3 Å². The Labute approximate surface area is 191 Å². The van der Waals surface area contributed by atoms with Gasteiger partial charge in [0, 0.05) is 36.9 Å². The molecule has 1 heterocycles. The number of carbonyl (C=O) groups is 1. The van der Waals surface area contributed by atoms with Gasteiger partial charge in [0.15, 0.2) is 11.5 Å². The number of para-hydroxylation sites is 1. The molecule has 0 saturated carbocycles. The number of hydrogen-bond acceptors (Lipinski definition) is 4. The second-order valence-corrected chi connectivity index (χ2v) is 8.11. The van der Waals surface area contributed by atoms with Crippen LogP contribution in [0.2, 0.25) is 0 Å². The SMILES string of the molecule is COc1cccc(CN2CCC(N(C(=O)c3ccccc3F)c3ccc(F)cc3)CC2)c1O. The third-order valence-electron chi connectivity index (χ3n) is 6.05. The van der Waals surface area contributed by atoms with Crippen molar-refractivity contribution in [3.63, 3.8) is 0 Å². The summed E-state index contributed by atoms with van der Waals surface area (Å²) in [4.78, 5) is 17.1. The zero-order valence-electron chi connectivity index (χ0n) is 18.4. The fraction of sp³-hybridized carbons (Fsp3) is 0.269. The molecule has 0 unspecified atom stereocenters. The van der Waals surface area contributed by atoms with E-state index in [2.05, 4.69) is 4.90 Å². The van der Waals surface area contributed by atoms with Gasteiger partial charge in [-0.2, -0.15) is 0 Å². The molecule has 1 saturated heterocycles. The van der Waals surface area contributed by atoms with Gasteiger partial charge in [-0.3, -0.25) is 9.69 Å². The van der Waals surface area contributed by atoms with Crippen LogP contribution in [0.25, 0.3) is 0 Å². The molecule has 3 aromatic carbocycles. The average molecular weight is 453 g/mol. The highest BCUT2D eigenvalue weighted by Gasteiger charge is 2.31. The lowest BCUT2D eigenvalue weighted by Gasteiger charge is -2.38. The molecule has 0 aliphatic carbocycles. The van der Waals surface area contributed by atoms with Gasteiger partial charge < -0.3 is 14.7 Å². The monoisotopic (exact) mass is 452 g/mol. The van der Waals surface area contributed by atoms with Crippen molar-refractivity contribution < 1.29 is 23.4 Å². The van der Waals surface area contributed by atoms with E-state index < -0.39 is 17.5 Å². The smallest absolute Gasteiger partial charge is 0.261 e. The number of anilines is 1. The fourth-order valence-corrected chi connectivity index (χ4v) is 4.30. The first-order valence-corrected chi connectivity index (χ1v) is 10.9. The first-order valence-electron chi connectivity index (χ1n) is 10.9. The Morgan fingerprint density at radius 1 is 1.03 bits per heavy atom. The summed E-state index contributed by atoms with van der Waals surface area (Å²) in [6.07, 6.45) is 1.31. The Bertz CT molecular complexity index is 1110. The summed E-state index contributed by atoms with van der Waals surface area (Å²) in [5.41, 5.74) is 1.30. The van der Waals surface area contributed by atoms with Crippen LogP contribution in [0.5, 0.6) is 11.5 Å². The summed E-state index contributed by atoms with van der Waals surface area (Å²) in [7, 11) is 1.51. The Morgan fingerprint density at radius 2 is 1.73 bits per heavy atom. The van der Waals surface area contributed by atoms with Crippen LogP contribution in [0.15, 0.2) is 66.7 Å². The van der Waals surface area contributed by atoms with Crippen LogP contribution in [0, 0.1) is 11.6 Å². The van der Waals surface area contributed by atoms with Gasteiger partial charge in [-0.15, -0.1) is 0 Å². The molecule has 0 radical (unpaired) electrons. The van der Waals surface area contributed by atoms with Crippen LogP contribution in [-0.2, 0) is 6.54 Å². The second kappa shape index (κ2) is 10.0. The van der Waals surface area contributed by atoms with E-state index in [0.29, 0.717) is 43.9 Å². The molecular weight excluding hydrogens is 426 g/mol. The van der Waals surface area contributed by atoms with Crippen molar-refractivity contribution in [1.29, 1.82) is 0 Å². The Morgan fingerprint density at radius 3 is 2.39 bits per heavy atom. The molecule has 1 fully saturated rings. The zero-order chi connectivity index (χ0) is 23.4. The van der Waals surface area contributed by atoms with Crippen molar-refractivity contribution in [2.24, 2.45) is 0 Å². The second-order valence-electron chi connectivity index (χ2n) is 8.11. The minimum atomic E-state index is -0.583. The third kappa shape index (κ3) is 4.98. The maximum absolute atomic E-state index is 14.4. The van der Waals surface area contributed by atoms with E-state index >= 15 is 0 Å². The Hall–Kier alpha value is -3.45. The molecule has 0 aromatic heterocycles. The number of amides is 1. The van der Waals surface area contributed by atoms with Gasteiger partial charge in [0.25, 0.3) is 5.91 Å².